The Labute approximate surface area is 132 Å². The number of hydrogen-bond acceptors (Lipinski definition) is 6. The van der Waals surface area contributed by atoms with Gasteiger partial charge < -0.3 is 19.8 Å². The number of carboxylic acid groups (broad SMARTS) is 1. The number of pyridine rings is 1. The molecule has 1 aromatic rings. The lowest BCUT2D eigenvalue weighted by molar-refractivity contribution is 0.0649. The lowest BCUT2D eigenvalue weighted by atomic mass is 10.2. The number of rotatable bonds is 6. The molecule has 1 aliphatic rings. The summed E-state index contributed by atoms with van der Waals surface area (Å²) in [6.45, 7) is 3.57. The molecule has 0 fully saturated rings. The van der Waals surface area contributed by atoms with E-state index in [2.05, 4.69) is 0 Å². The average Bonchev–Trinajstić information content (AvgIpc) is 2.50. The number of hydrogen-bond donors (Lipinski definition) is 2. The number of amides is 1. The normalized spacial score (nSPS) is 14.1. The van der Waals surface area contributed by atoms with Crippen LogP contribution in [0.15, 0.2) is 11.0 Å². The van der Waals surface area contributed by atoms with Crippen molar-refractivity contribution in [3.05, 3.63) is 27.7 Å². The zero-order chi connectivity index (χ0) is 17.1. The average molecular weight is 325 g/mol. The summed E-state index contributed by atoms with van der Waals surface area (Å²) in [6, 6.07) is 0. The molecular formula is C14H19N3O6. The molecule has 2 N–H and O–H groups in total. The van der Waals surface area contributed by atoms with Crippen LogP contribution in [0.25, 0.3) is 0 Å². The van der Waals surface area contributed by atoms with E-state index in [1.807, 2.05) is 6.92 Å². The van der Waals surface area contributed by atoms with Crippen LogP contribution in [-0.2, 0) is 4.74 Å². The molecule has 0 atom stereocenters. The van der Waals surface area contributed by atoms with Crippen LogP contribution in [0.5, 0.6) is 5.75 Å². The maximum absolute atomic E-state index is 12.5. The minimum atomic E-state index is -1.46. The minimum Gasteiger partial charge on any atom is -0.502 e. The van der Waals surface area contributed by atoms with Crippen molar-refractivity contribution in [2.75, 3.05) is 38.5 Å². The van der Waals surface area contributed by atoms with Crippen molar-refractivity contribution in [3.8, 4) is 5.75 Å². The molecule has 2 heterocycles. The van der Waals surface area contributed by atoms with Crippen LogP contribution in [0, 0.1) is 0 Å². The first-order valence-corrected chi connectivity index (χ1v) is 7.18. The third kappa shape index (κ3) is 3.14. The molecule has 126 valence electrons. The summed E-state index contributed by atoms with van der Waals surface area (Å²) in [7, 11) is 1.63. The van der Waals surface area contributed by atoms with Crippen molar-refractivity contribution in [1.29, 1.82) is 0 Å². The van der Waals surface area contributed by atoms with Crippen LogP contribution in [0.3, 0.4) is 0 Å². The molecule has 1 amide bonds. The summed E-state index contributed by atoms with van der Waals surface area (Å²) in [5, 5.41) is 20.5. The fourth-order valence-corrected chi connectivity index (χ4v) is 2.41. The summed E-state index contributed by atoms with van der Waals surface area (Å²) < 4.78 is 6.42. The Balaban J connectivity index is 2.34. The van der Waals surface area contributed by atoms with Gasteiger partial charge in [-0.25, -0.2) is 4.79 Å². The number of aromatic hydroxyl groups is 1. The van der Waals surface area contributed by atoms with Gasteiger partial charge in [-0.05, 0) is 13.3 Å². The molecule has 0 saturated heterocycles. The molecule has 0 spiro atoms. The predicted molar refractivity (Wildman–Crippen MR) is 80.5 cm³/mol. The van der Waals surface area contributed by atoms with Crippen LogP contribution in [0.4, 0.5) is 0 Å². The Kier molecular flexibility index (Phi) is 4.89. The molecule has 0 bridgehead atoms. The second-order valence-electron chi connectivity index (χ2n) is 5.14. The molecule has 2 rings (SSSR count). The molecule has 0 aliphatic carbocycles. The highest BCUT2D eigenvalue weighted by Gasteiger charge is 2.32. The van der Waals surface area contributed by atoms with Gasteiger partial charge in [-0.3, -0.25) is 19.3 Å². The number of aromatic nitrogens is 1. The summed E-state index contributed by atoms with van der Waals surface area (Å²) >= 11 is 0. The van der Waals surface area contributed by atoms with Gasteiger partial charge in [-0.15, -0.1) is 0 Å². The van der Waals surface area contributed by atoms with E-state index in [0.717, 1.165) is 6.20 Å². The fraction of sp³-hybridized carbons (Fsp3) is 0.500. The standard InChI is InChI=1S/C14H19N3O6/c1-3-23-6-4-5-16-8-15(2)17-7-9(14(21)22)11(18)12(19)10(17)13(16)20/h7,19H,3-6,8H2,1-2H3,(H,21,22). The van der Waals surface area contributed by atoms with E-state index < -0.39 is 28.6 Å². The van der Waals surface area contributed by atoms with Crippen molar-refractivity contribution in [2.45, 2.75) is 13.3 Å². The van der Waals surface area contributed by atoms with Crippen molar-refractivity contribution in [2.24, 2.45) is 0 Å². The number of nitrogens with zero attached hydrogens (tertiary/aromatic N) is 3. The smallest absolute Gasteiger partial charge is 0.341 e. The monoisotopic (exact) mass is 325 g/mol. The van der Waals surface area contributed by atoms with E-state index in [0.29, 0.717) is 26.2 Å². The highest BCUT2D eigenvalue weighted by molar-refractivity contribution is 5.97. The van der Waals surface area contributed by atoms with Crippen molar-refractivity contribution >= 4 is 11.9 Å². The molecule has 0 unspecified atom stereocenters. The maximum Gasteiger partial charge on any atom is 0.341 e. The van der Waals surface area contributed by atoms with Gasteiger partial charge in [0, 0.05) is 33.0 Å². The second kappa shape index (κ2) is 6.69. The Morgan fingerprint density at radius 1 is 1.39 bits per heavy atom. The van der Waals surface area contributed by atoms with Gasteiger partial charge >= 0.3 is 5.97 Å². The first kappa shape index (κ1) is 16.8. The van der Waals surface area contributed by atoms with Gasteiger partial charge in [0.05, 0.1) is 0 Å². The summed E-state index contributed by atoms with van der Waals surface area (Å²) in [4.78, 5) is 36.9. The third-order valence-electron chi connectivity index (χ3n) is 3.55. The minimum absolute atomic E-state index is 0.208. The van der Waals surface area contributed by atoms with Gasteiger partial charge in [0.2, 0.25) is 5.43 Å². The van der Waals surface area contributed by atoms with Gasteiger partial charge in [0.15, 0.2) is 11.4 Å². The molecule has 0 aromatic carbocycles. The molecule has 23 heavy (non-hydrogen) atoms. The van der Waals surface area contributed by atoms with Gasteiger partial charge in [0.1, 0.15) is 12.2 Å². The first-order chi connectivity index (χ1) is 10.9. The lowest BCUT2D eigenvalue weighted by Crippen LogP contribution is -2.53. The maximum atomic E-state index is 12.5. The molecular weight excluding hydrogens is 306 g/mol. The van der Waals surface area contributed by atoms with E-state index in [4.69, 9.17) is 9.84 Å². The molecule has 9 heteroatoms. The number of carbonyl (C=O) groups is 2. The molecule has 9 nitrogen and oxygen atoms in total. The fourth-order valence-electron chi connectivity index (χ4n) is 2.41. The lowest BCUT2D eigenvalue weighted by Gasteiger charge is -2.37. The second-order valence-corrected chi connectivity index (χ2v) is 5.14. The Morgan fingerprint density at radius 2 is 2.09 bits per heavy atom. The quantitative estimate of drug-likeness (QED) is 0.688. The number of ether oxygens (including phenoxy) is 1. The Bertz CT molecular complexity index is 684. The summed E-state index contributed by atoms with van der Waals surface area (Å²) in [5.74, 6) is -2.83. The molecule has 1 aliphatic heterocycles. The van der Waals surface area contributed by atoms with E-state index in [9.17, 15) is 19.5 Å². The number of carboxylic acids is 1. The Morgan fingerprint density at radius 3 is 2.70 bits per heavy atom. The van der Waals surface area contributed by atoms with Crippen LogP contribution < -0.4 is 10.4 Å². The summed E-state index contributed by atoms with van der Waals surface area (Å²) in [6.07, 6.45) is 1.67. The van der Waals surface area contributed by atoms with Crippen LogP contribution >= 0.6 is 0 Å². The largest absolute Gasteiger partial charge is 0.502 e. The van der Waals surface area contributed by atoms with Crippen LogP contribution in [0.1, 0.15) is 34.2 Å². The molecule has 0 radical (unpaired) electrons. The predicted octanol–water partition coefficient (Wildman–Crippen LogP) is -0.340. The third-order valence-corrected chi connectivity index (χ3v) is 3.55. The van der Waals surface area contributed by atoms with Gasteiger partial charge in [0.25, 0.3) is 5.91 Å². The van der Waals surface area contributed by atoms with E-state index >= 15 is 0 Å². The van der Waals surface area contributed by atoms with Gasteiger partial charge in [-0.1, -0.05) is 0 Å². The highest BCUT2D eigenvalue weighted by atomic mass is 16.5. The van der Waals surface area contributed by atoms with Crippen LogP contribution in [0.2, 0.25) is 0 Å². The van der Waals surface area contributed by atoms with E-state index in [1.54, 1.807) is 12.1 Å². The zero-order valence-corrected chi connectivity index (χ0v) is 13.0. The summed E-state index contributed by atoms with van der Waals surface area (Å²) in [5.41, 5.74) is -1.89. The Hall–Kier alpha value is -2.55. The topological polar surface area (TPSA) is 112 Å². The number of fused-ring (bicyclic) bond motifs is 1. The highest BCUT2D eigenvalue weighted by Crippen LogP contribution is 2.20. The number of carbonyl (C=O) groups excluding carboxylic acids is 1. The van der Waals surface area contributed by atoms with Gasteiger partial charge in [-0.2, -0.15) is 0 Å². The first-order valence-electron chi connectivity index (χ1n) is 7.18. The van der Waals surface area contributed by atoms with Crippen LogP contribution in [-0.4, -0.2) is 65.1 Å². The molecule has 0 saturated carbocycles. The van der Waals surface area contributed by atoms with Crippen molar-refractivity contribution in [1.82, 2.24) is 9.58 Å². The number of aromatic carboxylic acids is 1. The molecule has 1 aromatic heterocycles. The van der Waals surface area contributed by atoms with E-state index in [-0.39, 0.29) is 12.4 Å². The van der Waals surface area contributed by atoms with E-state index in [1.165, 1.54) is 9.58 Å². The SMILES string of the molecule is CCOCCCN1CN(C)n2cc(C(=O)O)c(=O)c(O)c2C1=O. The zero-order valence-electron chi connectivity index (χ0n) is 13.0. The van der Waals surface area contributed by atoms with Crippen molar-refractivity contribution in [3.63, 3.8) is 0 Å². The van der Waals surface area contributed by atoms with Crippen molar-refractivity contribution < 1.29 is 24.5 Å².